The number of halogens is 3. The average molecular weight is 390 g/mol. The molecule has 0 N–H and O–H groups in total. The Kier molecular flexibility index (Phi) is 6.27. The van der Waals surface area contributed by atoms with Crippen molar-refractivity contribution >= 4 is 34.8 Å². The molecule has 6 heteroatoms. The molecule has 0 bridgehead atoms. The molecule has 0 saturated carbocycles. The number of alkyl halides is 3. The molecule has 0 aromatic heterocycles. The lowest BCUT2D eigenvalue weighted by Gasteiger charge is -2.40. The van der Waals surface area contributed by atoms with Gasteiger partial charge >= 0.3 is 0 Å². The van der Waals surface area contributed by atoms with Gasteiger partial charge in [0.05, 0.1) is 14.2 Å². The van der Waals surface area contributed by atoms with E-state index in [-0.39, 0.29) is 0 Å². The van der Waals surface area contributed by atoms with Crippen LogP contribution < -0.4 is 9.47 Å². The van der Waals surface area contributed by atoms with Crippen molar-refractivity contribution in [1.29, 1.82) is 0 Å². The van der Waals surface area contributed by atoms with Gasteiger partial charge in [-0.15, -0.1) is 0 Å². The van der Waals surface area contributed by atoms with Gasteiger partial charge in [-0.3, -0.25) is 0 Å². The van der Waals surface area contributed by atoms with E-state index in [0.29, 0.717) is 18.1 Å². The molecule has 2 aromatic carbocycles. The maximum Gasteiger partial charge on any atom is 0.227 e. The van der Waals surface area contributed by atoms with Gasteiger partial charge in [-0.1, -0.05) is 59.1 Å². The molecule has 0 unspecified atom stereocenters. The van der Waals surface area contributed by atoms with Crippen LogP contribution in [0.3, 0.4) is 0 Å². The molecule has 0 radical (unpaired) electrons. The van der Waals surface area contributed by atoms with Gasteiger partial charge < -0.3 is 14.2 Å². The third-order valence-electron chi connectivity index (χ3n) is 3.75. The Hall–Kier alpha value is -1.13. The van der Waals surface area contributed by atoms with Crippen molar-refractivity contribution in [3.8, 4) is 11.5 Å². The van der Waals surface area contributed by atoms with Crippen molar-refractivity contribution < 1.29 is 14.2 Å². The first kappa shape index (κ1) is 19.2. The summed E-state index contributed by atoms with van der Waals surface area (Å²) >= 11 is 19.2. The molecule has 24 heavy (non-hydrogen) atoms. The van der Waals surface area contributed by atoms with E-state index in [4.69, 9.17) is 49.0 Å². The minimum absolute atomic E-state index is 0.367. The van der Waals surface area contributed by atoms with Gasteiger partial charge in [0.15, 0.2) is 5.60 Å². The average Bonchev–Trinajstić information content (AvgIpc) is 2.59. The van der Waals surface area contributed by atoms with Crippen LogP contribution in [0.25, 0.3) is 0 Å². The fraction of sp³-hybridized carbons (Fsp3) is 0.333. The Morgan fingerprint density at radius 3 is 1.38 bits per heavy atom. The molecule has 0 heterocycles. The lowest BCUT2D eigenvalue weighted by atomic mass is 9.87. The van der Waals surface area contributed by atoms with Crippen LogP contribution in [0.4, 0.5) is 0 Å². The van der Waals surface area contributed by atoms with Crippen LogP contribution in [-0.2, 0) is 10.3 Å². The fourth-order valence-electron chi connectivity index (χ4n) is 2.61. The second-order valence-electron chi connectivity index (χ2n) is 5.07. The van der Waals surface area contributed by atoms with Crippen LogP contribution >= 0.6 is 34.8 Å². The molecule has 2 rings (SSSR count). The van der Waals surface area contributed by atoms with Gasteiger partial charge in [-0.25, -0.2) is 0 Å². The molecule has 0 saturated heterocycles. The first-order valence-corrected chi connectivity index (χ1v) is 8.52. The van der Waals surface area contributed by atoms with Crippen molar-refractivity contribution in [2.24, 2.45) is 0 Å². The number of hydrogen-bond donors (Lipinski definition) is 0. The quantitative estimate of drug-likeness (QED) is 0.623. The highest BCUT2D eigenvalue weighted by Crippen LogP contribution is 2.52. The Labute approximate surface area is 157 Å². The monoisotopic (exact) mass is 388 g/mol. The summed E-state index contributed by atoms with van der Waals surface area (Å²) in [4.78, 5) is 0. The van der Waals surface area contributed by atoms with Crippen LogP contribution in [0.5, 0.6) is 11.5 Å². The van der Waals surface area contributed by atoms with E-state index in [1.54, 1.807) is 14.2 Å². The molecule has 0 atom stereocenters. The molecule has 2 aromatic rings. The molecule has 0 fully saturated rings. The van der Waals surface area contributed by atoms with E-state index in [2.05, 4.69) is 0 Å². The molecule has 130 valence electrons. The maximum absolute atomic E-state index is 6.39. The van der Waals surface area contributed by atoms with Gasteiger partial charge in [-0.05, 0) is 42.3 Å². The molecule has 0 amide bonds. The minimum atomic E-state index is -1.73. The van der Waals surface area contributed by atoms with Crippen molar-refractivity contribution in [1.82, 2.24) is 0 Å². The number of benzene rings is 2. The summed E-state index contributed by atoms with van der Waals surface area (Å²) in [6, 6.07) is 14.6. The molecule has 0 aliphatic rings. The highest BCUT2D eigenvalue weighted by Gasteiger charge is 2.52. The van der Waals surface area contributed by atoms with E-state index < -0.39 is 9.39 Å². The number of hydrogen-bond acceptors (Lipinski definition) is 3. The zero-order valence-corrected chi connectivity index (χ0v) is 16.0. The summed E-state index contributed by atoms with van der Waals surface area (Å²) in [7, 11) is 3.20. The summed E-state index contributed by atoms with van der Waals surface area (Å²) in [5, 5.41) is 0. The number of ether oxygens (including phenoxy) is 3. The molecule has 0 aliphatic heterocycles. The number of rotatable bonds is 6. The van der Waals surface area contributed by atoms with E-state index in [1.165, 1.54) is 0 Å². The molecular weight excluding hydrogens is 371 g/mol. The summed E-state index contributed by atoms with van der Waals surface area (Å²) in [5.41, 5.74) is 0.177. The second-order valence-corrected chi connectivity index (χ2v) is 7.35. The predicted octanol–water partition coefficient (Wildman–Crippen LogP) is 5.35. The van der Waals surface area contributed by atoms with Gasteiger partial charge in [-0.2, -0.15) is 0 Å². The molecule has 0 spiro atoms. The molecular formula is C18H19Cl3O3. The Bertz CT molecular complexity index is 601. The van der Waals surface area contributed by atoms with Crippen molar-refractivity contribution in [2.75, 3.05) is 20.8 Å². The van der Waals surface area contributed by atoms with Gasteiger partial charge in [0.2, 0.25) is 3.79 Å². The van der Waals surface area contributed by atoms with Crippen LogP contribution in [0.2, 0.25) is 0 Å². The van der Waals surface area contributed by atoms with Crippen LogP contribution in [0.1, 0.15) is 18.1 Å². The Balaban J connectivity index is 2.65. The first-order valence-electron chi connectivity index (χ1n) is 7.38. The fourth-order valence-corrected chi connectivity index (χ4v) is 3.43. The van der Waals surface area contributed by atoms with Gasteiger partial charge in [0.25, 0.3) is 0 Å². The highest BCUT2D eigenvalue weighted by atomic mass is 35.6. The normalized spacial score (nSPS) is 12.1. The van der Waals surface area contributed by atoms with Crippen LogP contribution in [0.15, 0.2) is 48.5 Å². The van der Waals surface area contributed by atoms with E-state index in [9.17, 15) is 0 Å². The minimum Gasteiger partial charge on any atom is -0.497 e. The smallest absolute Gasteiger partial charge is 0.227 e. The first-order chi connectivity index (χ1) is 11.4. The SMILES string of the molecule is CCOC(c1ccc(OC)cc1)(c1ccc(OC)cc1)C(Cl)(Cl)Cl. The van der Waals surface area contributed by atoms with E-state index >= 15 is 0 Å². The predicted molar refractivity (Wildman–Crippen MR) is 98.7 cm³/mol. The lowest BCUT2D eigenvalue weighted by molar-refractivity contribution is -0.00825. The van der Waals surface area contributed by atoms with Crippen molar-refractivity contribution in [2.45, 2.75) is 16.3 Å². The van der Waals surface area contributed by atoms with E-state index in [0.717, 1.165) is 11.1 Å². The maximum atomic E-state index is 6.39. The zero-order valence-electron chi connectivity index (χ0n) is 13.7. The third kappa shape index (κ3) is 3.60. The summed E-state index contributed by atoms with van der Waals surface area (Å²) in [5.74, 6) is 1.42. The summed E-state index contributed by atoms with van der Waals surface area (Å²) < 4.78 is 14.7. The van der Waals surface area contributed by atoms with Crippen molar-refractivity contribution in [3.63, 3.8) is 0 Å². The second kappa shape index (κ2) is 7.83. The third-order valence-corrected chi connectivity index (χ3v) is 4.55. The van der Waals surface area contributed by atoms with Crippen molar-refractivity contribution in [3.05, 3.63) is 59.7 Å². The Morgan fingerprint density at radius 2 is 1.12 bits per heavy atom. The van der Waals surface area contributed by atoms with Gasteiger partial charge in [0, 0.05) is 6.61 Å². The largest absolute Gasteiger partial charge is 0.497 e. The van der Waals surface area contributed by atoms with Gasteiger partial charge in [0.1, 0.15) is 11.5 Å². The van der Waals surface area contributed by atoms with Crippen LogP contribution in [-0.4, -0.2) is 24.6 Å². The standard InChI is InChI=1S/C18H19Cl3O3/c1-4-24-17(18(19,20)21,13-5-9-15(22-2)10-6-13)14-7-11-16(23-3)12-8-14/h5-12H,4H2,1-3H3. The summed E-state index contributed by atoms with van der Waals surface area (Å²) in [6.45, 7) is 2.23. The van der Waals surface area contributed by atoms with E-state index in [1.807, 2.05) is 55.5 Å². The topological polar surface area (TPSA) is 27.7 Å². The molecule has 3 nitrogen and oxygen atoms in total. The summed E-state index contributed by atoms with van der Waals surface area (Å²) in [6.07, 6.45) is 0. The zero-order chi connectivity index (χ0) is 17.8. The highest BCUT2D eigenvalue weighted by molar-refractivity contribution is 6.68. The Morgan fingerprint density at radius 1 is 0.750 bits per heavy atom. The van der Waals surface area contributed by atoms with Crippen LogP contribution in [0, 0.1) is 0 Å². The lowest BCUT2D eigenvalue weighted by Crippen LogP contribution is -2.44. The molecule has 0 aliphatic carbocycles. The number of methoxy groups -OCH3 is 2.